The van der Waals surface area contributed by atoms with Gasteiger partial charge in [0.2, 0.25) is 0 Å². The fraction of sp³-hybridized carbons (Fsp3) is 0.600. The van der Waals surface area contributed by atoms with E-state index in [-0.39, 0.29) is 0 Å². The second kappa shape index (κ2) is 6.04. The predicted octanol–water partition coefficient (Wildman–Crippen LogP) is 2.81. The highest BCUT2D eigenvalue weighted by Crippen LogP contribution is 2.32. The van der Waals surface area contributed by atoms with Crippen molar-refractivity contribution in [2.45, 2.75) is 45.6 Å². The van der Waals surface area contributed by atoms with Crippen molar-refractivity contribution in [2.24, 2.45) is 17.6 Å². The number of nitrogens with zero attached hydrogens (tertiary/aromatic N) is 1. The Morgan fingerprint density at radius 3 is 2.84 bits per heavy atom. The molecule has 104 valence electrons. The molecule has 3 N–H and O–H groups in total. The molecule has 0 radical (unpaired) electrons. The van der Waals surface area contributed by atoms with Crippen LogP contribution in [0.25, 0.3) is 0 Å². The van der Waals surface area contributed by atoms with Crippen molar-refractivity contribution < 1.29 is 4.79 Å². The lowest BCUT2D eigenvalue weighted by Gasteiger charge is -2.35. The van der Waals surface area contributed by atoms with Crippen molar-refractivity contribution in [1.82, 2.24) is 4.98 Å². The number of anilines is 1. The van der Waals surface area contributed by atoms with E-state index in [1.165, 1.54) is 25.7 Å². The number of pyridine rings is 1. The van der Waals surface area contributed by atoms with Crippen LogP contribution < -0.4 is 11.1 Å². The van der Waals surface area contributed by atoms with E-state index in [2.05, 4.69) is 24.1 Å². The third kappa shape index (κ3) is 3.46. The molecule has 1 aromatic heterocycles. The zero-order valence-corrected chi connectivity index (χ0v) is 11.7. The Hall–Kier alpha value is -1.58. The van der Waals surface area contributed by atoms with Crippen molar-refractivity contribution in [2.75, 3.05) is 5.32 Å². The van der Waals surface area contributed by atoms with Crippen LogP contribution in [-0.4, -0.2) is 16.9 Å². The number of aromatic nitrogens is 1. The van der Waals surface area contributed by atoms with E-state index >= 15 is 0 Å². The highest BCUT2D eigenvalue weighted by Gasteiger charge is 2.27. The van der Waals surface area contributed by atoms with Crippen LogP contribution >= 0.6 is 0 Å². The molecule has 4 heteroatoms. The van der Waals surface area contributed by atoms with E-state index in [0.717, 1.165) is 5.69 Å². The van der Waals surface area contributed by atoms with Gasteiger partial charge in [0, 0.05) is 17.9 Å². The molecule has 0 aliphatic heterocycles. The van der Waals surface area contributed by atoms with Crippen molar-refractivity contribution in [1.29, 1.82) is 0 Å². The van der Waals surface area contributed by atoms with Gasteiger partial charge in [0.05, 0.1) is 0 Å². The third-order valence-electron chi connectivity index (χ3n) is 4.04. The number of rotatable bonds is 4. The van der Waals surface area contributed by atoms with Crippen molar-refractivity contribution in [3.8, 4) is 0 Å². The van der Waals surface area contributed by atoms with Gasteiger partial charge in [-0.25, -0.2) is 0 Å². The van der Waals surface area contributed by atoms with Gasteiger partial charge in [-0.2, -0.15) is 0 Å². The van der Waals surface area contributed by atoms with Crippen LogP contribution in [0, 0.1) is 11.8 Å². The van der Waals surface area contributed by atoms with Crippen molar-refractivity contribution in [3.63, 3.8) is 0 Å². The van der Waals surface area contributed by atoms with Crippen molar-refractivity contribution in [3.05, 3.63) is 24.0 Å². The molecule has 2 unspecified atom stereocenters. The second-order valence-electron chi connectivity index (χ2n) is 5.74. The summed E-state index contributed by atoms with van der Waals surface area (Å²) in [6.45, 7) is 4.57. The minimum absolute atomic E-state index is 0.321. The molecule has 0 spiro atoms. The first-order valence-corrected chi connectivity index (χ1v) is 7.10. The first-order chi connectivity index (χ1) is 9.08. The average Bonchev–Trinajstić information content (AvgIpc) is 2.39. The maximum atomic E-state index is 11.1. The molecular formula is C15H23N3O. The molecule has 1 fully saturated rings. The Bertz CT molecular complexity index is 445. The molecule has 0 bridgehead atoms. The number of primary amides is 1. The molecule has 1 aliphatic rings. The Morgan fingerprint density at radius 1 is 1.42 bits per heavy atom. The highest BCUT2D eigenvalue weighted by atomic mass is 16.1. The highest BCUT2D eigenvalue weighted by molar-refractivity contribution is 5.91. The van der Waals surface area contributed by atoms with Gasteiger partial charge >= 0.3 is 0 Å². The van der Waals surface area contributed by atoms with Crippen LogP contribution in [0.3, 0.4) is 0 Å². The zero-order chi connectivity index (χ0) is 13.8. The zero-order valence-electron chi connectivity index (χ0n) is 11.7. The average molecular weight is 261 g/mol. The fourth-order valence-electron chi connectivity index (χ4n) is 3.01. The van der Waals surface area contributed by atoms with Gasteiger partial charge in [-0.1, -0.05) is 26.7 Å². The number of hydrogen-bond donors (Lipinski definition) is 2. The van der Waals surface area contributed by atoms with Crippen LogP contribution in [0.5, 0.6) is 0 Å². The molecule has 0 saturated heterocycles. The Balaban J connectivity index is 2.10. The van der Waals surface area contributed by atoms with Crippen LogP contribution in [0.4, 0.5) is 5.69 Å². The number of carbonyl (C=O) groups excluding carboxylic acids is 1. The van der Waals surface area contributed by atoms with Crippen LogP contribution in [0.1, 0.15) is 50.0 Å². The predicted molar refractivity (Wildman–Crippen MR) is 77.0 cm³/mol. The molecule has 19 heavy (non-hydrogen) atoms. The van der Waals surface area contributed by atoms with Gasteiger partial charge in [0.25, 0.3) is 5.91 Å². The van der Waals surface area contributed by atoms with Gasteiger partial charge < -0.3 is 11.1 Å². The number of hydrogen-bond acceptors (Lipinski definition) is 3. The smallest absolute Gasteiger partial charge is 0.267 e. The normalized spacial score (nSPS) is 23.3. The maximum absolute atomic E-state index is 11.1. The molecule has 1 aliphatic carbocycles. The third-order valence-corrected chi connectivity index (χ3v) is 4.04. The Labute approximate surface area is 114 Å². The summed E-state index contributed by atoms with van der Waals surface area (Å²) in [6.07, 6.45) is 6.70. The van der Waals surface area contributed by atoms with E-state index in [1.54, 1.807) is 12.3 Å². The standard InChI is InChI=1S/C15H23N3O/c1-10(2)12-5-3-4-6-13(12)18-11-7-8-17-14(9-11)15(16)19/h7-10,12-13H,3-6H2,1-2H3,(H2,16,19)(H,17,18). The summed E-state index contributed by atoms with van der Waals surface area (Å²) >= 11 is 0. The summed E-state index contributed by atoms with van der Waals surface area (Å²) in [6, 6.07) is 4.13. The monoisotopic (exact) mass is 261 g/mol. The minimum atomic E-state index is -0.479. The number of amides is 1. The van der Waals surface area contributed by atoms with E-state index in [4.69, 9.17) is 5.73 Å². The molecule has 2 rings (SSSR count). The Morgan fingerprint density at radius 2 is 2.16 bits per heavy atom. The van der Waals surface area contributed by atoms with Crippen LogP contribution in [-0.2, 0) is 0 Å². The summed E-state index contributed by atoms with van der Waals surface area (Å²) in [5.41, 5.74) is 6.53. The minimum Gasteiger partial charge on any atom is -0.382 e. The molecule has 0 aromatic carbocycles. The largest absolute Gasteiger partial charge is 0.382 e. The first kappa shape index (κ1) is 13.8. The number of nitrogens with two attached hydrogens (primary N) is 1. The van der Waals surface area contributed by atoms with Gasteiger partial charge in [0.1, 0.15) is 5.69 Å². The van der Waals surface area contributed by atoms with Crippen LogP contribution in [0.2, 0.25) is 0 Å². The molecule has 1 amide bonds. The lowest BCUT2D eigenvalue weighted by atomic mass is 9.78. The van der Waals surface area contributed by atoms with Gasteiger partial charge in [0.15, 0.2) is 0 Å². The first-order valence-electron chi connectivity index (χ1n) is 7.10. The summed E-state index contributed by atoms with van der Waals surface area (Å²) in [5, 5.41) is 3.56. The molecule has 4 nitrogen and oxygen atoms in total. The topological polar surface area (TPSA) is 68.0 Å². The Kier molecular flexibility index (Phi) is 4.40. The van der Waals surface area contributed by atoms with E-state index in [1.807, 2.05) is 6.07 Å². The van der Waals surface area contributed by atoms with E-state index < -0.39 is 5.91 Å². The lowest BCUT2D eigenvalue weighted by molar-refractivity contribution is 0.0995. The van der Waals surface area contributed by atoms with Gasteiger partial charge in [-0.05, 0) is 36.8 Å². The summed E-state index contributed by atoms with van der Waals surface area (Å²) < 4.78 is 0. The van der Waals surface area contributed by atoms with Gasteiger partial charge in [-0.3, -0.25) is 9.78 Å². The fourth-order valence-corrected chi connectivity index (χ4v) is 3.01. The molecular weight excluding hydrogens is 238 g/mol. The second-order valence-corrected chi connectivity index (χ2v) is 5.74. The van der Waals surface area contributed by atoms with Crippen LogP contribution in [0.15, 0.2) is 18.3 Å². The molecule has 2 atom stereocenters. The van der Waals surface area contributed by atoms with E-state index in [0.29, 0.717) is 23.6 Å². The maximum Gasteiger partial charge on any atom is 0.267 e. The lowest BCUT2D eigenvalue weighted by Crippen LogP contribution is -2.35. The molecule has 1 aromatic rings. The summed E-state index contributed by atoms with van der Waals surface area (Å²) in [4.78, 5) is 15.1. The molecule has 1 saturated carbocycles. The van der Waals surface area contributed by atoms with Crippen molar-refractivity contribution >= 4 is 11.6 Å². The summed E-state index contributed by atoms with van der Waals surface area (Å²) in [5.74, 6) is 0.891. The van der Waals surface area contributed by atoms with Gasteiger partial charge in [-0.15, -0.1) is 0 Å². The number of nitrogens with one attached hydrogen (secondary N) is 1. The quantitative estimate of drug-likeness (QED) is 0.875. The molecule has 1 heterocycles. The summed E-state index contributed by atoms with van der Waals surface area (Å²) in [7, 11) is 0. The SMILES string of the molecule is CC(C)C1CCCCC1Nc1ccnc(C(N)=O)c1. The number of carbonyl (C=O) groups is 1. The van der Waals surface area contributed by atoms with E-state index in [9.17, 15) is 4.79 Å².